The molecule has 0 aliphatic heterocycles. The summed E-state index contributed by atoms with van der Waals surface area (Å²) >= 11 is 0. The lowest BCUT2D eigenvalue weighted by molar-refractivity contribution is -0.0920. The molecule has 0 aliphatic rings. The molecule has 0 aromatic heterocycles. The van der Waals surface area contributed by atoms with Crippen molar-refractivity contribution in [2.24, 2.45) is 5.73 Å². The Bertz CT molecular complexity index is 112. The highest BCUT2D eigenvalue weighted by Gasteiger charge is 2.08. The Hall–Kier alpha value is 0.0969. The van der Waals surface area contributed by atoms with E-state index in [1.807, 2.05) is 0 Å². The van der Waals surface area contributed by atoms with Crippen molar-refractivity contribution in [2.75, 3.05) is 19.8 Å². The Morgan fingerprint density at radius 3 is 2.00 bits per heavy atom. The van der Waals surface area contributed by atoms with Gasteiger partial charge in [-0.3, -0.25) is 0 Å². The summed E-state index contributed by atoms with van der Waals surface area (Å²) in [6.07, 6.45) is 5.77. The number of unbranched alkanes of at least 4 members (excludes halogenated alkanes) is 2. The number of hydrogen-bond donors (Lipinski definition) is 1. The van der Waals surface area contributed by atoms with Crippen LogP contribution >= 0.6 is 0 Å². The highest BCUT2D eigenvalue weighted by atomic mass is 28.2. The molecule has 0 amide bonds. The van der Waals surface area contributed by atoms with Crippen molar-refractivity contribution in [3.8, 4) is 0 Å². The minimum Gasteiger partial charge on any atom is -0.357 e. The quantitative estimate of drug-likeness (QED) is 0.325. The third-order valence-electron chi connectivity index (χ3n) is 2.50. The molecular weight excluding hydrogens is 218 g/mol. The van der Waals surface area contributed by atoms with Crippen LogP contribution in [-0.2, 0) is 9.47 Å². The smallest absolute Gasteiger partial charge is 0.134 e. The lowest BCUT2D eigenvalue weighted by Crippen LogP contribution is -2.26. The monoisotopic (exact) mass is 247 g/mol. The molecule has 0 aromatic rings. The van der Waals surface area contributed by atoms with Crippen molar-refractivity contribution in [2.45, 2.75) is 57.9 Å². The van der Waals surface area contributed by atoms with Gasteiger partial charge in [-0.15, -0.1) is 0 Å². The van der Waals surface area contributed by atoms with Crippen molar-refractivity contribution in [1.29, 1.82) is 0 Å². The maximum atomic E-state index is 5.77. The molecule has 0 aromatic carbocycles. The average Bonchev–Trinajstić information content (AvgIpc) is 2.29. The first-order valence-corrected chi connectivity index (χ1v) is 8.60. The molecule has 0 unspecified atom stereocenters. The Kier molecular flexibility index (Phi) is 13.2. The minimum atomic E-state index is -0.266. The Morgan fingerprint density at radius 2 is 1.56 bits per heavy atom. The zero-order chi connectivity index (χ0) is 12.1. The standard InChI is InChI=1S/C12H29NO2Si/c1-3-5-9-14-12(15-10-6-4-2)16-11-7-8-13/h12H,3-11,13,16H2,1-2H3. The Morgan fingerprint density at radius 1 is 1.00 bits per heavy atom. The van der Waals surface area contributed by atoms with Crippen LogP contribution in [0.2, 0.25) is 6.04 Å². The van der Waals surface area contributed by atoms with Crippen molar-refractivity contribution >= 4 is 9.52 Å². The van der Waals surface area contributed by atoms with Gasteiger partial charge in [0.2, 0.25) is 0 Å². The summed E-state index contributed by atoms with van der Waals surface area (Å²) in [5, 5.41) is 0. The molecule has 3 nitrogen and oxygen atoms in total. The number of rotatable bonds is 12. The van der Waals surface area contributed by atoms with Gasteiger partial charge in [-0.1, -0.05) is 32.7 Å². The predicted molar refractivity (Wildman–Crippen MR) is 72.5 cm³/mol. The second kappa shape index (κ2) is 13.2. The maximum absolute atomic E-state index is 5.77. The van der Waals surface area contributed by atoms with Crippen LogP contribution in [0.3, 0.4) is 0 Å². The van der Waals surface area contributed by atoms with Gasteiger partial charge in [0.05, 0.1) is 9.52 Å². The first kappa shape index (κ1) is 16.1. The van der Waals surface area contributed by atoms with E-state index in [0.717, 1.165) is 39.0 Å². The summed E-state index contributed by atoms with van der Waals surface area (Å²) in [4.78, 5) is 0. The van der Waals surface area contributed by atoms with Gasteiger partial charge >= 0.3 is 0 Å². The molecule has 0 saturated carbocycles. The number of hydrogen-bond acceptors (Lipinski definition) is 3. The van der Waals surface area contributed by atoms with Gasteiger partial charge < -0.3 is 15.2 Å². The molecule has 2 N–H and O–H groups in total. The van der Waals surface area contributed by atoms with Gasteiger partial charge in [-0.05, 0) is 25.8 Å². The average molecular weight is 247 g/mol. The minimum absolute atomic E-state index is 0.129. The summed E-state index contributed by atoms with van der Waals surface area (Å²) in [5.74, 6) is 0.129. The van der Waals surface area contributed by atoms with Crippen LogP contribution in [-0.4, -0.2) is 35.2 Å². The SMILES string of the molecule is CCCCOC(OCCCC)[SiH2]CCCN. The second-order valence-electron chi connectivity index (χ2n) is 4.16. The van der Waals surface area contributed by atoms with E-state index >= 15 is 0 Å². The molecular formula is C12H29NO2Si. The highest BCUT2D eigenvalue weighted by molar-refractivity contribution is 6.36. The van der Waals surface area contributed by atoms with Gasteiger partial charge in [-0.25, -0.2) is 0 Å². The molecule has 16 heavy (non-hydrogen) atoms. The highest BCUT2D eigenvalue weighted by Crippen LogP contribution is 2.02. The summed E-state index contributed by atoms with van der Waals surface area (Å²) in [6, 6.07) is 1.24. The topological polar surface area (TPSA) is 44.5 Å². The lowest BCUT2D eigenvalue weighted by Gasteiger charge is -2.18. The van der Waals surface area contributed by atoms with Crippen LogP contribution in [0.4, 0.5) is 0 Å². The third kappa shape index (κ3) is 10.6. The molecule has 0 rings (SSSR count). The third-order valence-corrected chi connectivity index (χ3v) is 4.35. The van der Waals surface area contributed by atoms with E-state index in [2.05, 4.69) is 13.8 Å². The molecule has 0 atom stereocenters. The number of nitrogens with two attached hydrogens (primary N) is 1. The fourth-order valence-electron chi connectivity index (χ4n) is 1.39. The van der Waals surface area contributed by atoms with Gasteiger partial charge in [0.25, 0.3) is 0 Å². The molecule has 0 aliphatic carbocycles. The molecule has 0 bridgehead atoms. The fourth-order valence-corrected chi connectivity index (χ4v) is 2.97. The van der Waals surface area contributed by atoms with Crippen LogP contribution in [0, 0.1) is 0 Å². The fraction of sp³-hybridized carbons (Fsp3) is 1.00. The summed E-state index contributed by atoms with van der Waals surface area (Å²) < 4.78 is 11.5. The Balaban J connectivity index is 3.58. The van der Waals surface area contributed by atoms with Crippen LogP contribution in [0.25, 0.3) is 0 Å². The van der Waals surface area contributed by atoms with Crippen LogP contribution < -0.4 is 5.73 Å². The van der Waals surface area contributed by atoms with E-state index < -0.39 is 0 Å². The zero-order valence-electron chi connectivity index (χ0n) is 11.0. The van der Waals surface area contributed by atoms with Crippen molar-refractivity contribution in [3.05, 3.63) is 0 Å². The largest absolute Gasteiger partial charge is 0.357 e. The van der Waals surface area contributed by atoms with E-state index in [9.17, 15) is 0 Å². The molecule has 4 heteroatoms. The van der Waals surface area contributed by atoms with Crippen LogP contribution in [0.1, 0.15) is 46.0 Å². The molecule has 98 valence electrons. The van der Waals surface area contributed by atoms with Gasteiger partial charge in [0, 0.05) is 13.2 Å². The van der Waals surface area contributed by atoms with Gasteiger partial charge in [0.1, 0.15) is 5.91 Å². The summed E-state index contributed by atoms with van der Waals surface area (Å²) in [6.45, 7) is 6.86. The molecule has 0 spiro atoms. The molecule has 0 fully saturated rings. The van der Waals surface area contributed by atoms with Gasteiger partial charge in [0.15, 0.2) is 0 Å². The molecule has 0 heterocycles. The summed E-state index contributed by atoms with van der Waals surface area (Å²) in [5.41, 5.74) is 5.50. The van der Waals surface area contributed by atoms with Crippen LogP contribution in [0.15, 0.2) is 0 Å². The predicted octanol–water partition coefficient (Wildman–Crippen LogP) is 1.84. The van der Waals surface area contributed by atoms with E-state index in [1.165, 1.54) is 18.9 Å². The number of ether oxygens (including phenoxy) is 2. The van der Waals surface area contributed by atoms with E-state index in [0.29, 0.717) is 0 Å². The van der Waals surface area contributed by atoms with Crippen LogP contribution in [0.5, 0.6) is 0 Å². The second-order valence-corrected chi connectivity index (χ2v) is 6.11. The first-order valence-electron chi connectivity index (χ1n) is 6.78. The summed E-state index contributed by atoms with van der Waals surface area (Å²) in [7, 11) is -0.266. The lowest BCUT2D eigenvalue weighted by atomic mass is 10.4. The first-order chi connectivity index (χ1) is 7.85. The maximum Gasteiger partial charge on any atom is 0.134 e. The van der Waals surface area contributed by atoms with E-state index in [4.69, 9.17) is 15.2 Å². The van der Waals surface area contributed by atoms with E-state index in [1.54, 1.807) is 0 Å². The van der Waals surface area contributed by atoms with E-state index in [-0.39, 0.29) is 15.4 Å². The Labute approximate surface area is 103 Å². The molecule has 0 radical (unpaired) electrons. The zero-order valence-corrected chi connectivity index (χ0v) is 12.5. The molecule has 0 saturated heterocycles. The van der Waals surface area contributed by atoms with Crippen molar-refractivity contribution < 1.29 is 9.47 Å². The van der Waals surface area contributed by atoms with Gasteiger partial charge in [-0.2, -0.15) is 0 Å². The van der Waals surface area contributed by atoms with Crippen molar-refractivity contribution in [3.63, 3.8) is 0 Å². The van der Waals surface area contributed by atoms with Crippen molar-refractivity contribution in [1.82, 2.24) is 0 Å². The normalized spacial score (nSPS) is 12.0.